The van der Waals surface area contributed by atoms with Crippen LogP contribution in [-0.2, 0) is 30.5 Å². The second-order valence-electron chi connectivity index (χ2n) is 8.39. The Labute approximate surface area is 225 Å². The van der Waals surface area contributed by atoms with Gasteiger partial charge in [-0.3, -0.25) is 4.79 Å². The second kappa shape index (κ2) is 17.5. The molecule has 0 unspecified atom stereocenters. The van der Waals surface area contributed by atoms with Gasteiger partial charge in [0.2, 0.25) is 5.91 Å². The number of urea groups is 1. The molecule has 0 spiro atoms. The Morgan fingerprint density at radius 3 is 2.22 bits per heavy atom. The van der Waals surface area contributed by atoms with E-state index in [1.54, 1.807) is 38.4 Å². The number of hydrogen-bond acceptors (Lipinski definition) is 7. The van der Waals surface area contributed by atoms with Crippen LogP contribution in [0.5, 0.6) is 0 Å². The van der Waals surface area contributed by atoms with Gasteiger partial charge in [-0.2, -0.15) is 0 Å². The van der Waals surface area contributed by atoms with Gasteiger partial charge in [0, 0.05) is 18.7 Å². The number of anilines is 1. The first-order chi connectivity index (χ1) is 17.5. The number of nitrogens with two attached hydrogens (primary N) is 1. The van der Waals surface area contributed by atoms with Crippen LogP contribution in [0.3, 0.4) is 0 Å². The number of unbranched alkanes of at least 4 members (excludes halogenated alkanes) is 1. The van der Waals surface area contributed by atoms with Crippen molar-refractivity contribution in [1.82, 2.24) is 15.1 Å². The minimum atomic E-state index is -1.58. The van der Waals surface area contributed by atoms with E-state index >= 15 is 0 Å². The number of rotatable bonds is 16. The maximum absolute atomic E-state index is 12.3. The zero-order valence-corrected chi connectivity index (χ0v) is 24.0. The normalized spacial score (nSPS) is 10.8. The summed E-state index contributed by atoms with van der Waals surface area (Å²) in [7, 11) is 3.18. The molecule has 0 saturated heterocycles. The summed E-state index contributed by atoms with van der Waals surface area (Å²) in [5.74, 6) is -0.407. The number of alkyl halides is 2. The fraction of sp³-hybridized carbons (Fsp3) is 0.542. The van der Waals surface area contributed by atoms with Crippen molar-refractivity contribution in [2.75, 3.05) is 62.1 Å². The number of nitrogens with zero attached hydrogens (tertiary/aromatic N) is 2. The SMILES string of the molecule is CN(CCN(C)C(=O)OCc1ccc(NC(=O)CCCCNC(N)=O)cc1)C(=O)COCC(=O)I(C)C. The van der Waals surface area contributed by atoms with Gasteiger partial charge in [-0.25, -0.2) is 4.79 Å². The first-order valence-electron chi connectivity index (χ1n) is 11.6. The van der Waals surface area contributed by atoms with Crippen molar-refractivity contribution < 1.29 is 33.4 Å². The van der Waals surface area contributed by atoms with Gasteiger partial charge < -0.3 is 16.4 Å². The van der Waals surface area contributed by atoms with E-state index in [2.05, 4.69) is 10.6 Å². The Balaban J connectivity index is 2.29. The van der Waals surface area contributed by atoms with Gasteiger partial charge >= 0.3 is 132 Å². The minimum absolute atomic E-state index is 0.0331. The van der Waals surface area contributed by atoms with Crippen LogP contribution in [0, 0.1) is 0 Å². The van der Waals surface area contributed by atoms with E-state index in [4.69, 9.17) is 15.2 Å². The molecule has 13 heteroatoms. The predicted octanol–water partition coefficient (Wildman–Crippen LogP) is 1.80. The summed E-state index contributed by atoms with van der Waals surface area (Å²) >= 11 is -1.58. The molecule has 0 aliphatic rings. The molecule has 208 valence electrons. The summed E-state index contributed by atoms with van der Waals surface area (Å²) in [5.41, 5.74) is 6.36. The van der Waals surface area contributed by atoms with Crippen LogP contribution in [0.15, 0.2) is 24.3 Å². The average Bonchev–Trinajstić information content (AvgIpc) is 2.85. The maximum atomic E-state index is 12.3. The van der Waals surface area contributed by atoms with Crippen molar-refractivity contribution in [2.45, 2.75) is 25.9 Å². The van der Waals surface area contributed by atoms with Gasteiger partial charge in [0.15, 0.2) is 0 Å². The zero-order valence-electron chi connectivity index (χ0n) is 21.9. The van der Waals surface area contributed by atoms with Crippen LogP contribution in [0.25, 0.3) is 0 Å². The number of amides is 5. The molecule has 0 aliphatic carbocycles. The summed E-state index contributed by atoms with van der Waals surface area (Å²) in [5, 5.41) is 5.26. The third-order valence-corrected chi connectivity index (χ3v) is 7.82. The van der Waals surface area contributed by atoms with Crippen molar-refractivity contribution >= 4 is 53.2 Å². The van der Waals surface area contributed by atoms with Crippen molar-refractivity contribution in [3.63, 3.8) is 0 Å². The number of nitrogens with one attached hydrogen (secondary N) is 2. The summed E-state index contributed by atoms with van der Waals surface area (Å²) in [6, 6.07) is 6.36. The van der Waals surface area contributed by atoms with Crippen molar-refractivity contribution in [3.05, 3.63) is 29.8 Å². The van der Waals surface area contributed by atoms with Gasteiger partial charge in [0.25, 0.3) is 0 Å². The Bertz CT molecular complexity index is 911. The molecule has 0 bridgehead atoms. The van der Waals surface area contributed by atoms with Gasteiger partial charge in [0.05, 0.1) is 0 Å². The van der Waals surface area contributed by atoms with Crippen LogP contribution >= 0.6 is 19.8 Å². The topological polar surface area (TPSA) is 160 Å². The molecule has 0 radical (unpaired) electrons. The molecule has 0 saturated carbocycles. The predicted molar refractivity (Wildman–Crippen MR) is 149 cm³/mol. The molecule has 0 fully saturated rings. The first-order valence-corrected chi connectivity index (χ1v) is 17.0. The van der Waals surface area contributed by atoms with Gasteiger partial charge in [-0.15, -0.1) is 0 Å². The third-order valence-electron chi connectivity index (χ3n) is 5.10. The summed E-state index contributed by atoms with van der Waals surface area (Å²) in [4.78, 5) is 65.2. The standard InChI is InChI=1S/C24H38IN5O7/c1-25(2)20(31)16-36-17-22(33)29(3)13-14-30(4)24(35)37-15-18-8-10-19(11-9-18)28-21(32)7-5-6-12-27-23(26)34/h8-11H,5-7,12-17H2,1-4H3,(H,28,32)(H3,26,27,34). The summed E-state index contributed by atoms with van der Waals surface area (Å²) in [6.07, 6.45) is 1.05. The molecule has 1 aromatic carbocycles. The molecular formula is C24H38IN5O7. The zero-order chi connectivity index (χ0) is 27.8. The van der Waals surface area contributed by atoms with E-state index in [1.807, 2.05) is 9.86 Å². The Hall–Kier alpha value is -2.94. The van der Waals surface area contributed by atoms with E-state index in [-0.39, 0.29) is 48.5 Å². The number of likely N-dealkylation sites (N-methyl/N-ethyl adjacent to an activating group) is 2. The molecular weight excluding hydrogens is 597 g/mol. The molecule has 4 N–H and O–H groups in total. The fourth-order valence-corrected chi connectivity index (χ4v) is 3.58. The summed E-state index contributed by atoms with van der Waals surface area (Å²) < 4.78 is 10.6. The first kappa shape index (κ1) is 32.1. The second-order valence-corrected chi connectivity index (χ2v) is 13.9. The number of ether oxygens (including phenoxy) is 2. The van der Waals surface area contributed by atoms with Crippen LogP contribution in [-0.4, -0.2) is 94.3 Å². The van der Waals surface area contributed by atoms with Crippen LogP contribution in [0.2, 0.25) is 0 Å². The van der Waals surface area contributed by atoms with E-state index < -0.39 is 31.9 Å². The van der Waals surface area contributed by atoms with Crippen molar-refractivity contribution in [3.8, 4) is 0 Å². The molecule has 0 aromatic heterocycles. The monoisotopic (exact) mass is 635 g/mol. The Morgan fingerprint density at radius 1 is 0.946 bits per heavy atom. The van der Waals surface area contributed by atoms with E-state index in [1.165, 1.54) is 9.80 Å². The Kier molecular flexibility index (Phi) is 15.2. The molecule has 37 heavy (non-hydrogen) atoms. The average molecular weight is 636 g/mol. The van der Waals surface area contributed by atoms with Crippen molar-refractivity contribution in [1.29, 1.82) is 0 Å². The molecule has 0 heterocycles. The Morgan fingerprint density at radius 2 is 1.59 bits per heavy atom. The molecule has 1 aromatic rings. The van der Waals surface area contributed by atoms with E-state index in [9.17, 15) is 24.0 Å². The van der Waals surface area contributed by atoms with Crippen LogP contribution in [0.4, 0.5) is 15.3 Å². The molecule has 0 atom stereocenters. The van der Waals surface area contributed by atoms with Crippen LogP contribution in [0.1, 0.15) is 24.8 Å². The number of carbonyl (C=O) groups excluding carboxylic acids is 5. The number of halogens is 1. The quantitative estimate of drug-likeness (QED) is 0.108. The summed E-state index contributed by atoms with van der Waals surface area (Å²) in [6.45, 7) is 0.833. The molecule has 5 amide bonds. The third kappa shape index (κ3) is 14.4. The molecule has 1 rings (SSSR count). The number of hydrogen-bond donors (Lipinski definition) is 3. The van der Waals surface area contributed by atoms with Gasteiger partial charge in [-0.1, -0.05) is 12.1 Å². The fourth-order valence-electron chi connectivity index (χ4n) is 2.74. The number of benzene rings is 1. The molecule has 0 aliphatic heterocycles. The van der Waals surface area contributed by atoms with E-state index in [0.29, 0.717) is 31.5 Å². The van der Waals surface area contributed by atoms with Crippen molar-refractivity contribution in [2.24, 2.45) is 5.73 Å². The van der Waals surface area contributed by atoms with Crippen LogP contribution < -0.4 is 16.4 Å². The number of primary amides is 1. The van der Waals surface area contributed by atoms with E-state index in [0.717, 1.165) is 5.56 Å². The molecule has 12 nitrogen and oxygen atoms in total. The van der Waals surface area contributed by atoms with Gasteiger partial charge in [-0.05, 0) is 30.5 Å². The van der Waals surface area contributed by atoms with Gasteiger partial charge in [0.1, 0.15) is 0 Å². The number of carbonyl (C=O) groups is 5.